The second-order valence-electron chi connectivity index (χ2n) is 5.65. The molecular weight excluding hydrogens is 206 g/mol. The zero-order valence-electron chi connectivity index (χ0n) is 10.7. The zero-order valence-corrected chi connectivity index (χ0v) is 10.7. The summed E-state index contributed by atoms with van der Waals surface area (Å²) in [6, 6.07) is 0. The lowest BCUT2D eigenvalue weighted by Gasteiger charge is -2.47. The number of amides is 1. The Labute approximate surface area is 97.3 Å². The Morgan fingerprint density at radius 1 is 1.31 bits per heavy atom. The first-order chi connectivity index (χ1) is 7.24. The molecule has 0 radical (unpaired) electrons. The predicted octanol–water partition coefficient (Wildman–Crippen LogP) is 0.256. The number of rotatable bonds is 3. The molecule has 0 spiro atoms. The van der Waals surface area contributed by atoms with Gasteiger partial charge in [0.05, 0.1) is 11.2 Å². The van der Waals surface area contributed by atoms with E-state index >= 15 is 0 Å². The highest BCUT2D eigenvalue weighted by Gasteiger charge is 2.37. The molecule has 0 unspecified atom stereocenters. The fourth-order valence-corrected chi connectivity index (χ4v) is 2.44. The van der Waals surface area contributed by atoms with Crippen molar-refractivity contribution in [1.29, 1.82) is 0 Å². The van der Waals surface area contributed by atoms with E-state index in [1.165, 1.54) is 0 Å². The van der Waals surface area contributed by atoms with Crippen molar-refractivity contribution in [2.24, 2.45) is 5.84 Å². The second kappa shape index (κ2) is 4.69. The van der Waals surface area contributed by atoms with Crippen molar-refractivity contribution in [3.05, 3.63) is 0 Å². The smallest absolute Gasteiger partial charge is 0.235 e. The van der Waals surface area contributed by atoms with Crippen LogP contribution in [0.15, 0.2) is 0 Å². The van der Waals surface area contributed by atoms with Gasteiger partial charge in [0.1, 0.15) is 0 Å². The summed E-state index contributed by atoms with van der Waals surface area (Å²) in [6.07, 6.45) is 0.433. The van der Waals surface area contributed by atoms with Gasteiger partial charge in [0.15, 0.2) is 0 Å². The summed E-state index contributed by atoms with van der Waals surface area (Å²) in [5.74, 6) is 4.93. The first-order valence-corrected chi connectivity index (χ1v) is 5.66. The molecule has 1 aliphatic rings. The van der Waals surface area contributed by atoms with Crippen molar-refractivity contribution in [2.45, 2.75) is 45.3 Å². The molecule has 1 fully saturated rings. The Balaban J connectivity index is 2.51. The normalized spacial score (nSPS) is 24.1. The summed E-state index contributed by atoms with van der Waals surface area (Å²) in [5, 5.41) is 0. The third-order valence-corrected chi connectivity index (χ3v) is 2.58. The van der Waals surface area contributed by atoms with Crippen LogP contribution in [0.1, 0.15) is 34.1 Å². The van der Waals surface area contributed by atoms with Gasteiger partial charge in [-0.25, -0.2) is 5.84 Å². The molecule has 1 aliphatic heterocycles. The number of hydrogen-bond acceptors (Lipinski definition) is 4. The van der Waals surface area contributed by atoms with Gasteiger partial charge in [-0.15, -0.1) is 0 Å². The highest BCUT2D eigenvalue weighted by Crippen LogP contribution is 2.27. The molecule has 1 amide bonds. The topological polar surface area (TPSA) is 67.6 Å². The number of carbonyl (C=O) groups is 1. The quantitative estimate of drug-likeness (QED) is 0.414. The SMILES string of the molecule is CC1(C)CN(CCC(=O)NN)CC(C)(C)O1. The maximum absolute atomic E-state index is 11.1. The molecule has 1 saturated heterocycles. The van der Waals surface area contributed by atoms with E-state index in [1.54, 1.807) is 0 Å². The van der Waals surface area contributed by atoms with E-state index in [-0.39, 0.29) is 17.1 Å². The summed E-state index contributed by atoms with van der Waals surface area (Å²) in [5.41, 5.74) is 1.82. The average Bonchev–Trinajstić information content (AvgIpc) is 2.09. The third-order valence-electron chi connectivity index (χ3n) is 2.58. The van der Waals surface area contributed by atoms with Gasteiger partial charge in [-0.1, -0.05) is 0 Å². The molecule has 5 heteroatoms. The summed E-state index contributed by atoms with van der Waals surface area (Å²) in [6.45, 7) is 10.7. The number of morpholine rings is 1. The summed E-state index contributed by atoms with van der Waals surface area (Å²) < 4.78 is 5.96. The molecule has 0 bridgehead atoms. The van der Waals surface area contributed by atoms with Crippen LogP contribution >= 0.6 is 0 Å². The predicted molar refractivity (Wildman–Crippen MR) is 62.6 cm³/mol. The molecule has 94 valence electrons. The van der Waals surface area contributed by atoms with Crippen LogP contribution in [0.5, 0.6) is 0 Å². The highest BCUT2D eigenvalue weighted by molar-refractivity contribution is 5.75. The van der Waals surface area contributed by atoms with Gasteiger partial charge in [0.25, 0.3) is 0 Å². The standard InChI is InChI=1S/C11H23N3O2/c1-10(2)7-14(6-5-9(15)13-12)8-11(3,4)16-10/h5-8,12H2,1-4H3,(H,13,15). The summed E-state index contributed by atoms with van der Waals surface area (Å²) in [4.78, 5) is 13.3. The Morgan fingerprint density at radius 2 is 1.81 bits per heavy atom. The molecule has 16 heavy (non-hydrogen) atoms. The largest absolute Gasteiger partial charge is 0.367 e. The van der Waals surface area contributed by atoms with Crippen molar-refractivity contribution in [2.75, 3.05) is 19.6 Å². The fourth-order valence-electron chi connectivity index (χ4n) is 2.44. The molecular formula is C11H23N3O2. The van der Waals surface area contributed by atoms with Gasteiger partial charge < -0.3 is 4.74 Å². The molecule has 0 aromatic carbocycles. The van der Waals surface area contributed by atoms with Gasteiger partial charge in [-0.3, -0.25) is 15.1 Å². The van der Waals surface area contributed by atoms with Crippen LogP contribution in [0.4, 0.5) is 0 Å². The van der Waals surface area contributed by atoms with Crippen LogP contribution < -0.4 is 11.3 Å². The highest BCUT2D eigenvalue weighted by atomic mass is 16.5. The lowest BCUT2D eigenvalue weighted by atomic mass is 9.99. The summed E-state index contributed by atoms with van der Waals surface area (Å²) in [7, 11) is 0. The maximum atomic E-state index is 11.1. The minimum Gasteiger partial charge on any atom is -0.367 e. The van der Waals surface area contributed by atoms with Gasteiger partial charge in [0.2, 0.25) is 5.91 Å². The second-order valence-corrected chi connectivity index (χ2v) is 5.65. The summed E-state index contributed by atoms with van der Waals surface area (Å²) >= 11 is 0. The van der Waals surface area contributed by atoms with Crippen LogP contribution in [0.3, 0.4) is 0 Å². The average molecular weight is 229 g/mol. The van der Waals surface area contributed by atoms with Crippen LogP contribution in [0.2, 0.25) is 0 Å². The zero-order chi connectivity index (χ0) is 12.4. The van der Waals surface area contributed by atoms with E-state index in [4.69, 9.17) is 10.6 Å². The van der Waals surface area contributed by atoms with Crippen molar-refractivity contribution < 1.29 is 9.53 Å². The van der Waals surface area contributed by atoms with E-state index in [1.807, 2.05) is 0 Å². The fraction of sp³-hybridized carbons (Fsp3) is 0.909. The van der Waals surface area contributed by atoms with Crippen molar-refractivity contribution in [3.63, 3.8) is 0 Å². The van der Waals surface area contributed by atoms with E-state index in [9.17, 15) is 4.79 Å². The Hall–Kier alpha value is -0.650. The number of carbonyl (C=O) groups excluding carboxylic acids is 1. The van der Waals surface area contributed by atoms with E-state index in [2.05, 4.69) is 38.0 Å². The minimum absolute atomic E-state index is 0.123. The number of hydrazine groups is 1. The number of ether oxygens (including phenoxy) is 1. The number of hydrogen-bond donors (Lipinski definition) is 2. The van der Waals surface area contributed by atoms with Crippen molar-refractivity contribution >= 4 is 5.91 Å². The van der Waals surface area contributed by atoms with Crippen LogP contribution in [0, 0.1) is 0 Å². The molecule has 0 aromatic rings. The molecule has 1 rings (SSSR count). The Bertz CT molecular complexity index is 248. The minimum atomic E-state index is -0.166. The molecule has 0 aromatic heterocycles. The van der Waals surface area contributed by atoms with E-state index < -0.39 is 0 Å². The molecule has 0 atom stereocenters. The van der Waals surface area contributed by atoms with Gasteiger partial charge >= 0.3 is 0 Å². The van der Waals surface area contributed by atoms with E-state index in [0.29, 0.717) is 6.42 Å². The first-order valence-electron chi connectivity index (χ1n) is 5.66. The first kappa shape index (κ1) is 13.4. The lowest BCUT2D eigenvalue weighted by molar-refractivity contribution is -0.180. The van der Waals surface area contributed by atoms with Gasteiger partial charge in [-0.05, 0) is 27.7 Å². The molecule has 3 N–H and O–H groups in total. The van der Waals surface area contributed by atoms with Crippen LogP contribution in [-0.4, -0.2) is 41.6 Å². The van der Waals surface area contributed by atoms with Crippen molar-refractivity contribution in [3.8, 4) is 0 Å². The van der Waals surface area contributed by atoms with E-state index in [0.717, 1.165) is 19.6 Å². The molecule has 1 heterocycles. The number of nitrogens with zero attached hydrogens (tertiary/aromatic N) is 1. The number of nitrogens with two attached hydrogens (primary N) is 1. The van der Waals surface area contributed by atoms with Gasteiger partial charge in [0, 0.05) is 26.1 Å². The van der Waals surface area contributed by atoms with Crippen molar-refractivity contribution in [1.82, 2.24) is 10.3 Å². The molecule has 0 aliphatic carbocycles. The van der Waals surface area contributed by atoms with Crippen LogP contribution in [0.25, 0.3) is 0 Å². The Kier molecular flexibility index (Phi) is 3.93. The number of nitrogens with one attached hydrogen (secondary N) is 1. The maximum Gasteiger partial charge on any atom is 0.235 e. The molecule has 5 nitrogen and oxygen atoms in total. The Morgan fingerprint density at radius 3 is 2.25 bits per heavy atom. The van der Waals surface area contributed by atoms with Crippen LogP contribution in [-0.2, 0) is 9.53 Å². The third kappa shape index (κ3) is 4.08. The monoisotopic (exact) mass is 229 g/mol. The lowest BCUT2D eigenvalue weighted by Crippen LogP contribution is -2.57. The molecule has 0 saturated carbocycles. The van der Waals surface area contributed by atoms with Gasteiger partial charge in [-0.2, -0.15) is 0 Å².